The van der Waals surface area contributed by atoms with E-state index in [2.05, 4.69) is 24.3 Å². The van der Waals surface area contributed by atoms with E-state index in [0.29, 0.717) is 5.92 Å². The van der Waals surface area contributed by atoms with Crippen LogP contribution in [-0.4, -0.2) is 0 Å². The summed E-state index contributed by atoms with van der Waals surface area (Å²) in [5.41, 5.74) is 1.26. The zero-order valence-electron chi connectivity index (χ0n) is 8.43. The number of rotatable bonds is 2. The highest BCUT2D eigenvalue weighted by molar-refractivity contribution is 5.19. The molecule has 0 amide bonds. The lowest BCUT2D eigenvalue weighted by Crippen LogP contribution is -2.36. The molecule has 15 heavy (non-hydrogen) atoms. The first-order chi connectivity index (χ1) is 7.35. The third-order valence-electron chi connectivity index (χ3n) is 3.15. The minimum absolute atomic E-state index is 0.0382. The average molecular weight is 196 g/mol. The van der Waals surface area contributed by atoms with E-state index in [1.807, 2.05) is 18.2 Å². The van der Waals surface area contributed by atoms with Crippen molar-refractivity contribution < 1.29 is 0 Å². The van der Waals surface area contributed by atoms with Gasteiger partial charge in [-0.2, -0.15) is 10.5 Å². The summed E-state index contributed by atoms with van der Waals surface area (Å²) < 4.78 is 0. The number of benzene rings is 1. The lowest BCUT2D eigenvalue weighted by Gasteiger charge is -2.36. The molecule has 1 aliphatic carbocycles. The Hall–Kier alpha value is -1.80. The molecule has 1 aromatic carbocycles. The van der Waals surface area contributed by atoms with Crippen LogP contribution < -0.4 is 0 Å². The lowest BCUT2D eigenvalue weighted by molar-refractivity contribution is 0.167. The molecular formula is C13H12N2. The Kier molecular flexibility index (Phi) is 2.70. The second-order valence-electron chi connectivity index (χ2n) is 4.08. The molecule has 0 N–H and O–H groups in total. The first-order valence-electron chi connectivity index (χ1n) is 5.18. The number of hydrogen-bond donors (Lipinski definition) is 0. The van der Waals surface area contributed by atoms with Gasteiger partial charge in [0.25, 0.3) is 0 Å². The molecule has 1 saturated carbocycles. The van der Waals surface area contributed by atoms with E-state index in [4.69, 9.17) is 10.5 Å². The standard InChI is InChI=1S/C13H12N2/c14-8-12-7-11(13(12)9-15)6-10-4-2-1-3-5-10/h1-5,11-13H,6-7H2. The molecule has 2 heteroatoms. The maximum atomic E-state index is 8.93. The van der Waals surface area contributed by atoms with Gasteiger partial charge in [-0.25, -0.2) is 0 Å². The second-order valence-corrected chi connectivity index (χ2v) is 4.08. The summed E-state index contributed by atoms with van der Waals surface area (Å²) in [7, 11) is 0. The Morgan fingerprint density at radius 2 is 1.87 bits per heavy atom. The van der Waals surface area contributed by atoms with E-state index in [1.165, 1.54) is 5.56 Å². The van der Waals surface area contributed by atoms with Crippen molar-refractivity contribution in [2.75, 3.05) is 0 Å². The van der Waals surface area contributed by atoms with Crippen molar-refractivity contribution >= 4 is 0 Å². The maximum absolute atomic E-state index is 8.93. The molecule has 3 unspecified atom stereocenters. The molecule has 74 valence electrons. The van der Waals surface area contributed by atoms with Crippen molar-refractivity contribution in [3.05, 3.63) is 35.9 Å². The Morgan fingerprint density at radius 3 is 2.47 bits per heavy atom. The van der Waals surface area contributed by atoms with Crippen molar-refractivity contribution in [2.45, 2.75) is 12.8 Å². The van der Waals surface area contributed by atoms with Crippen LogP contribution in [0.1, 0.15) is 12.0 Å². The summed E-state index contributed by atoms with van der Waals surface area (Å²) in [6, 6.07) is 14.6. The monoisotopic (exact) mass is 196 g/mol. The molecule has 1 fully saturated rings. The van der Waals surface area contributed by atoms with Crippen LogP contribution in [0.4, 0.5) is 0 Å². The van der Waals surface area contributed by atoms with Gasteiger partial charge in [-0.05, 0) is 24.3 Å². The molecule has 0 aliphatic heterocycles. The summed E-state index contributed by atoms with van der Waals surface area (Å²) >= 11 is 0. The largest absolute Gasteiger partial charge is 0.198 e. The fourth-order valence-electron chi connectivity index (χ4n) is 2.21. The van der Waals surface area contributed by atoms with Gasteiger partial charge in [0, 0.05) is 0 Å². The van der Waals surface area contributed by atoms with Gasteiger partial charge >= 0.3 is 0 Å². The smallest absolute Gasteiger partial charge is 0.0672 e. The number of nitriles is 2. The Morgan fingerprint density at radius 1 is 1.13 bits per heavy atom. The third-order valence-corrected chi connectivity index (χ3v) is 3.15. The molecule has 2 rings (SSSR count). The molecule has 2 nitrogen and oxygen atoms in total. The minimum Gasteiger partial charge on any atom is -0.198 e. The lowest BCUT2D eigenvalue weighted by atomic mass is 9.64. The summed E-state index contributed by atoms with van der Waals surface area (Å²) in [6.45, 7) is 0. The number of hydrogen-bond acceptors (Lipinski definition) is 2. The number of nitrogens with zero attached hydrogens (tertiary/aromatic N) is 2. The molecule has 0 aromatic heterocycles. The van der Waals surface area contributed by atoms with Crippen molar-refractivity contribution in [1.29, 1.82) is 10.5 Å². The Labute approximate surface area is 89.8 Å². The second kappa shape index (κ2) is 4.15. The SMILES string of the molecule is N#CC1CC(Cc2ccccc2)C1C#N. The van der Waals surface area contributed by atoms with E-state index >= 15 is 0 Å². The fourth-order valence-corrected chi connectivity index (χ4v) is 2.21. The highest BCUT2D eigenvalue weighted by atomic mass is 14.5. The van der Waals surface area contributed by atoms with Gasteiger partial charge in [0.1, 0.15) is 0 Å². The molecule has 3 atom stereocenters. The normalized spacial score (nSPS) is 28.5. The zero-order valence-corrected chi connectivity index (χ0v) is 8.43. The minimum atomic E-state index is -0.0600. The average Bonchev–Trinajstić information content (AvgIpc) is 2.25. The van der Waals surface area contributed by atoms with E-state index < -0.39 is 0 Å². The van der Waals surface area contributed by atoms with Gasteiger partial charge in [0.15, 0.2) is 0 Å². The topological polar surface area (TPSA) is 47.6 Å². The van der Waals surface area contributed by atoms with Gasteiger partial charge in [-0.3, -0.25) is 0 Å². The molecule has 0 radical (unpaired) electrons. The van der Waals surface area contributed by atoms with Crippen molar-refractivity contribution in [3.63, 3.8) is 0 Å². The molecule has 0 heterocycles. The van der Waals surface area contributed by atoms with Crippen LogP contribution in [0.25, 0.3) is 0 Å². The van der Waals surface area contributed by atoms with Crippen molar-refractivity contribution in [1.82, 2.24) is 0 Å². The predicted octanol–water partition coefficient (Wildman–Crippen LogP) is 2.53. The van der Waals surface area contributed by atoms with Crippen LogP contribution >= 0.6 is 0 Å². The summed E-state index contributed by atoms with van der Waals surface area (Å²) in [5.74, 6) is 0.279. The third kappa shape index (κ3) is 1.85. The van der Waals surface area contributed by atoms with E-state index in [1.54, 1.807) is 0 Å². The fraction of sp³-hybridized carbons (Fsp3) is 0.385. The first kappa shape index (κ1) is 9.74. The van der Waals surface area contributed by atoms with Crippen LogP contribution in [0.3, 0.4) is 0 Å². The maximum Gasteiger partial charge on any atom is 0.0672 e. The van der Waals surface area contributed by atoms with Gasteiger partial charge in [0.2, 0.25) is 0 Å². The quantitative estimate of drug-likeness (QED) is 0.729. The summed E-state index contributed by atoms with van der Waals surface area (Å²) in [5, 5.41) is 17.7. The molecular weight excluding hydrogens is 184 g/mol. The predicted molar refractivity (Wildman–Crippen MR) is 56.5 cm³/mol. The molecule has 0 spiro atoms. The van der Waals surface area contributed by atoms with Gasteiger partial charge in [0.05, 0.1) is 24.0 Å². The van der Waals surface area contributed by atoms with Crippen molar-refractivity contribution in [2.24, 2.45) is 17.8 Å². The first-order valence-corrected chi connectivity index (χ1v) is 5.18. The van der Waals surface area contributed by atoms with E-state index in [0.717, 1.165) is 12.8 Å². The molecule has 1 aromatic rings. The molecule has 1 aliphatic rings. The highest BCUT2D eigenvalue weighted by Gasteiger charge is 2.41. The van der Waals surface area contributed by atoms with E-state index in [-0.39, 0.29) is 11.8 Å². The van der Waals surface area contributed by atoms with Crippen LogP contribution in [0.2, 0.25) is 0 Å². The van der Waals surface area contributed by atoms with Crippen LogP contribution in [-0.2, 0) is 6.42 Å². The Balaban J connectivity index is 1.99. The molecule has 0 saturated heterocycles. The Bertz CT molecular complexity index is 410. The van der Waals surface area contributed by atoms with Gasteiger partial charge in [-0.1, -0.05) is 30.3 Å². The van der Waals surface area contributed by atoms with Crippen LogP contribution in [0.5, 0.6) is 0 Å². The van der Waals surface area contributed by atoms with Gasteiger partial charge < -0.3 is 0 Å². The zero-order chi connectivity index (χ0) is 10.7. The summed E-state index contributed by atoms with van der Waals surface area (Å²) in [4.78, 5) is 0. The van der Waals surface area contributed by atoms with Crippen LogP contribution in [0.15, 0.2) is 30.3 Å². The van der Waals surface area contributed by atoms with E-state index in [9.17, 15) is 0 Å². The van der Waals surface area contributed by atoms with Gasteiger partial charge in [-0.15, -0.1) is 0 Å². The highest BCUT2D eigenvalue weighted by Crippen LogP contribution is 2.41. The van der Waals surface area contributed by atoms with Crippen LogP contribution in [0, 0.1) is 40.4 Å². The summed E-state index contributed by atoms with van der Waals surface area (Å²) in [6.07, 6.45) is 1.81. The van der Waals surface area contributed by atoms with Crippen molar-refractivity contribution in [3.8, 4) is 12.1 Å². The molecule has 0 bridgehead atoms.